The molecule has 2 fully saturated rings. The maximum Gasteiger partial charge on any atom is 0.417 e. The third-order valence-electron chi connectivity index (χ3n) is 6.11. The van der Waals surface area contributed by atoms with E-state index in [1.54, 1.807) is 12.1 Å². The van der Waals surface area contributed by atoms with Crippen LogP contribution in [-0.2, 0) is 0 Å². The molecule has 2 heterocycles. The largest absolute Gasteiger partial charge is 0.417 e. The van der Waals surface area contributed by atoms with E-state index in [0.717, 1.165) is 49.8 Å². The van der Waals surface area contributed by atoms with E-state index in [-0.39, 0.29) is 23.8 Å². The van der Waals surface area contributed by atoms with Gasteiger partial charge in [-0.15, -0.1) is 0 Å². The maximum atomic E-state index is 13.5. The predicted molar refractivity (Wildman–Crippen MR) is 116 cm³/mol. The van der Waals surface area contributed by atoms with Crippen LogP contribution in [0.1, 0.15) is 31.4 Å². The smallest absolute Gasteiger partial charge is 0.382 e. The van der Waals surface area contributed by atoms with E-state index >= 15 is 0 Å². The maximum absolute atomic E-state index is 13.5. The van der Waals surface area contributed by atoms with Gasteiger partial charge >= 0.3 is 6.18 Å². The normalized spacial score (nSPS) is 23.2. The third kappa shape index (κ3) is 4.39. The van der Waals surface area contributed by atoms with Crippen molar-refractivity contribution in [3.63, 3.8) is 0 Å². The van der Waals surface area contributed by atoms with Crippen LogP contribution >= 0.6 is 0 Å². The molecule has 1 aromatic carbocycles. The van der Waals surface area contributed by atoms with Gasteiger partial charge in [0.05, 0.1) is 11.3 Å². The van der Waals surface area contributed by atoms with Crippen molar-refractivity contribution in [1.82, 2.24) is 9.88 Å². The summed E-state index contributed by atoms with van der Waals surface area (Å²) in [7, 11) is 2.10. The monoisotopic (exact) mass is 419 g/mol. The fraction of sp³-hybridized carbons (Fsp3) is 0.500. The fourth-order valence-corrected chi connectivity index (χ4v) is 4.20. The lowest BCUT2D eigenvalue weighted by atomic mass is 9.87. The number of anilines is 2. The Morgan fingerprint density at radius 1 is 1.13 bits per heavy atom. The second kappa shape index (κ2) is 8.07. The zero-order valence-electron chi connectivity index (χ0n) is 17.1. The Kier molecular flexibility index (Phi) is 5.63. The summed E-state index contributed by atoms with van der Waals surface area (Å²) in [6, 6.07) is 7.76. The Labute approximate surface area is 174 Å². The summed E-state index contributed by atoms with van der Waals surface area (Å²) in [6.07, 6.45) is -0.999. The van der Waals surface area contributed by atoms with Gasteiger partial charge in [-0.2, -0.15) is 13.2 Å². The lowest BCUT2D eigenvalue weighted by Crippen LogP contribution is -2.44. The first-order valence-corrected chi connectivity index (χ1v) is 10.4. The number of nitrogens with zero attached hydrogens (tertiary/aromatic N) is 2. The summed E-state index contributed by atoms with van der Waals surface area (Å²) < 4.78 is 40.5. The molecule has 4 N–H and O–H groups in total. The molecule has 1 saturated carbocycles. The number of fused-ring (bicyclic) bond motifs is 1. The van der Waals surface area contributed by atoms with Gasteiger partial charge < -0.3 is 21.3 Å². The van der Waals surface area contributed by atoms with Crippen molar-refractivity contribution in [2.75, 3.05) is 30.8 Å². The number of allylic oxidation sites excluding steroid dienone is 1. The van der Waals surface area contributed by atoms with Crippen LogP contribution in [0.3, 0.4) is 0 Å². The van der Waals surface area contributed by atoms with Crippen LogP contribution in [0.25, 0.3) is 16.3 Å². The minimum Gasteiger partial charge on any atom is -0.382 e. The molecular weight excluding hydrogens is 391 g/mol. The molecule has 0 unspecified atom stereocenters. The number of halogens is 3. The van der Waals surface area contributed by atoms with Crippen LogP contribution in [0, 0.1) is 0 Å². The van der Waals surface area contributed by atoms with E-state index in [4.69, 9.17) is 5.73 Å². The second-order valence-electron chi connectivity index (χ2n) is 8.53. The van der Waals surface area contributed by atoms with E-state index in [1.165, 1.54) is 0 Å². The number of hydrogen-bond acceptors (Lipinski definition) is 5. The lowest BCUT2D eigenvalue weighted by molar-refractivity contribution is -0.0688. The number of nitrogens with one attached hydrogen (secondary N) is 2. The zero-order valence-corrected chi connectivity index (χ0v) is 17.1. The number of pyridine rings is 1. The van der Waals surface area contributed by atoms with Gasteiger partial charge in [0.2, 0.25) is 0 Å². The Balaban J connectivity index is 1.72. The van der Waals surface area contributed by atoms with E-state index in [0.29, 0.717) is 11.2 Å². The van der Waals surface area contributed by atoms with E-state index in [2.05, 4.69) is 34.1 Å². The van der Waals surface area contributed by atoms with Crippen LogP contribution in [-0.4, -0.2) is 54.3 Å². The van der Waals surface area contributed by atoms with Crippen molar-refractivity contribution in [2.45, 2.75) is 50.0 Å². The zero-order chi connectivity index (χ0) is 21.5. The summed E-state index contributed by atoms with van der Waals surface area (Å²) in [5, 5.41) is 7.97. The molecule has 1 aliphatic heterocycles. The first kappa shape index (κ1) is 20.9. The van der Waals surface area contributed by atoms with Crippen molar-refractivity contribution in [3.8, 4) is 0 Å². The molecule has 2 aliphatic rings. The fourth-order valence-electron chi connectivity index (χ4n) is 4.20. The van der Waals surface area contributed by atoms with Gasteiger partial charge in [0.1, 0.15) is 5.82 Å². The number of rotatable bonds is 5. The number of hydrogen-bond donors (Lipinski definition) is 3. The summed E-state index contributed by atoms with van der Waals surface area (Å²) in [6.45, 7) is 5.30. The average Bonchev–Trinajstić information content (AvgIpc) is 2.67. The molecule has 8 heteroatoms. The molecule has 0 atom stereocenters. The minimum absolute atomic E-state index is 0.127. The van der Waals surface area contributed by atoms with E-state index in [1.807, 2.05) is 12.1 Å². The Morgan fingerprint density at radius 2 is 1.83 bits per heavy atom. The number of piperidine rings is 1. The molecule has 0 bridgehead atoms. The molecule has 1 saturated heterocycles. The van der Waals surface area contributed by atoms with Gasteiger partial charge in [-0.3, -0.25) is 0 Å². The van der Waals surface area contributed by atoms with Crippen LogP contribution in [0.5, 0.6) is 0 Å². The highest BCUT2D eigenvalue weighted by molar-refractivity contribution is 6.01. The lowest BCUT2D eigenvalue weighted by Gasteiger charge is -2.33. The summed E-state index contributed by atoms with van der Waals surface area (Å²) in [5.41, 5.74) is 5.62. The summed E-state index contributed by atoms with van der Waals surface area (Å²) >= 11 is 0. The van der Waals surface area contributed by atoms with Gasteiger partial charge in [-0.25, -0.2) is 4.98 Å². The van der Waals surface area contributed by atoms with Crippen molar-refractivity contribution in [2.24, 2.45) is 5.73 Å². The van der Waals surface area contributed by atoms with Crippen LogP contribution < -0.4 is 16.4 Å². The first-order chi connectivity index (χ1) is 14.2. The molecule has 1 aliphatic carbocycles. The summed E-state index contributed by atoms with van der Waals surface area (Å²) in [4.78, 5) is 6.59. The van der Waals surface area contributed by atoms with Gasteiger partial charge in [0.15, 0.2) is 0 Å². The van der Waals surface area contributed by atoms with E-state index < -0.39 is 11.7 Å². The number of aromatic nitrogens is 1. The van der Waals surface area contributed by atoms with Gasteiger partial charge in [0.25, 0.3) is 0 Å². The number of benzene rings is 1. The predicted octanol–water partition coefficient (Wildman–Crippen LogP) is 4.22. The first-order valence-electron chi connectivity index (χ1n) is 10.4. The van der Waals surface area contributed by atoms with Crippen LogP contribution in [0.4, 0.5) is 24.7 Å². The molecule has 4 rings (SSSR count). The van der Waals surface area contributed by atoms with Crippen LogP contribution in [0.15, 0.2) is 30.8 Å². The highest BCUT2D eigenvalue weighted by atomic mass is 19.4. The standard InChI is InChI=1S/C22H28F3N5/c1-13(22(23,24)25)21-17-4-3-5-19(27-15-6-8-30(2)9-7-15)18(17)12-20(29-21)28-16-10-14(26)11-16/h3-5,12,14-16,27H,1,6-11,26H2,2H3,(H,28,29). The molecule has 0 radical (unpaired) electrons. The summed E-state index contributed by atoms with van der Waals surface area (Å²) in [5.74, 6) is 0.428. The Morgan fingerprint density at radius 3 is 2.47 bits per heavy atom. The molecule has 1 aromatic heterocycles. The van der Waals surface area contributed by atoms with Gasteiger partial charge in [-0.05, 0) is 58.0 Å². The van der Waals surface area contributed by atoms with Crippen molar-refractivity contribution in [3.05, 3.63) is 36.5 Å². The van der Waals surface area contributed by atoms with Crippen molar-refractivity contribution >= 4 is 27.9 Å². The van der Waals surface area contributed by atoms with Gasteiger partial charge in [0, 0.05) is 34.6 Å². The highest BCUT2D eigenvalue weighted by Crippen LogP contribution is 2.38. The second-order valence-corrected chi connectivity index (χ2v) is 8.53. The molecule has 162 valence electrons. The topological polar surface area (TPSA) is 66.2 Å². The quantitative estimate of drug-likeness (QED) is 0.677. The molecule has 30 heavy (non-hydrogen) atoms. The Hall–Kier alpha value is -2.32. The number of likely N-dealkylation sites (tertiary alicyclic amines) is 1. The van der Waals surface area contributed by atoms with Crippen molar-refractivity contribution in [1.29, 1.82) is 0 Å². The molecular formula is C22H28F3N5. The van der Waals surface area contributed by atoms with Crippen molar-refractivity contribution < 1.29 is 13.2 Å². The molecule has 2 aromatic rings. The third-order valence-corrected chi connectivity index (χ3v) is 6.11. The number of alkyl halides is 3. The molecule has 5 nitrogen and oxygen atoms in total. The molecule has 0 spiro atoms. The van der Waals surface area contributed by atoms with E-state index in [9.17, 15) is 13.2 Å². The van der Waals surface area contributed by atoms with Crippen LogP contribution in [0.2, 0.25) is 0 Å². The number of nitrogens with two attached hydrogens (primary N) is 1. The Bertz CT molecular complexity index is 928. The average molecular weight is 419 g/mol. The molecule has 0 amide bonds. The van der Waals surface area contributed by atoms with Gasteiger partial charge in [-0.1, -0.05) is 18.7 Å². The SMILES string of the molecule is C=C(c1nc(NC2CC(N)C2)cc2c(NC3CCN(C)CC3)cccc12)C(F)(F)F. The minimum atomic E-state index is -4.55. The highest BCUT2D eigenvalue weighted by Gasteiger charge is 2.35.